The van der Waals surface area contributed by atoms with E-state index >= 15 is 0 Å². The summed E-state index contributed by atoms with van der Waals surface area (Å²) in [7, 11) is 0. The highest BCUT2D eigenvalue weighted by Crippen LogP contribution is 2.25. The Bertz CT molecular complexity index is 959. The maximum absolute atomic E-state index is 12.3. The SMILES string of the molecule is Cc1cc2occ(CC(=O)O[C@@H](C)C(=O)NCc3ccccc3)c2cc1C. The van der Waals surface area contributed by atoms with Crippen LogP contribution in [0, 0.1) is 13.8 Å². The van der Waals surface area contributed by atoms with Crippen molar-refractivity contribution >= 4 is 22.8 Å². The molecule has 0 unspecified atom stereocenters. The summed E-state index contributed by atoms with van der Waals surface area (Å²) in [5.74, 6) is -0.783. The fourth-order valence-electron chi connectivity index (χ4n) is 2.85. The molecule has 0 radical (unpaired) electrons. The molecular weight excluding hydrogens is 342 g/mol. The molecule has 0 spiro atoms. The molecule has 1 amide bonds. The van der Waals surface area contributed by atoms with Gasteiger partial charge in [-0.25, -0.2) is 0 Å². The molecule has 0 fully saturated rings. The first kappa shape index (κ1) is 18.7. The third-order valence-electron chi connectivity index (χ3n) is 4.59. The van der Waals surface area contributed by atoms with Crippen LogP contribution in [0.5, 0.6) is 0 Å². The summed E-state index contributed by atoms with van der Waals surface area (Å²) in [5.41, 5.74) is 4.76. The van der Waals surface area contributed by atoms with Crippen molar-refractivity contribution in [2.24, 2.45) is 0 Å². The quantitative estimate of drug-likeness (QED) is 0.674. The van der Waals surface area contributed by atoms with E-state index in [1.807, 2.05) is 56.3 Å². The molecule has 1 N–H and O–H groups in total. The Labute approximate surface area is 158 Å². The highest BCUT2D eigenvalue weighted by atomic mass is 16.5. The molecule has 2 aromatic carbocycles. The summed E-state index contributed by atoms with van der Waals surface area (Å²) in [4.78, 5) is 24.4. The topological polar surface area (TPSA) is 68.5 Å². The van der Waals surface area contributed by atoms with Gasteiger partial charge in [-0.05, 0) is 49.6 Å². The number of rotatable bonds is 6. The molecule has 3 aromatic rings. The minimum absolute atomic E-state index is 0.0613. The van der Waals surface area contributed by atoms with Gasteiger partial charge >= 0.3 is 5.97 Å². The van der Waals surface area contributed by atoms with Crippen molar-refractivity contribution in [3.63, 3.8) is 0 Å². The van der Waals surface area contributed by atoms with Crippen LogP contribution in [0.1, 0.15) is 29.2 Å². The van der Waals surface area contributed by atoms with Gasteiger partial charge in [-0.2, -0.15) is 0 Å². The van der Waals surface area contributed by atoms with E-state index in [0.717, 1.165) is 33.2 Å². The highest BCUT2D eigenvalue weighted by molar-refractivity contribution is 5.88. The molecule has 5 heteroatoms. The molecule has 1 heterocycles. The number of fused-ring (bicyclic) bond motifs is 1. The van der Waals surface area contributed by atoms with E-state index < -0.39 is 12.1 Å². The molecule has 0 saturated carbocycles. The molecule has 140 valence electrons. The number of ether oxygens (including phenoxy) is 1. The van der Waals surface area contributed by atoms with Gasteiger partial charge in [0.25, 0.3) is 5.91 Å². The zero-order chi connectivity index (χ0) is 19.4. The first-order valence-corrected chi connectivity index (χ1v) is 8.92. The maximum atomic E-state index is 12.3. The van der Waals surface area contributed by atoms with Crippen LogP contribution in [0.15, 0.2) is 53.1 Å². The number of esters is 1. The van der Waals surface area contributed by atoms with Crippen molar-refractivity contribution in [2.75, 3.05) is 0 Å². The number of benzene rings is 2. The zero-order valence-electron chi connectivity index (χ0n) is 15.7. The second-order valence-electron chi connectivity index (χ2n) is 6.71. The van der Waals surface area contributed by atoms with E-state index in [4.69, 9.17) is 9.15 Å². The lowest BCUT2D eigenvalue weighted by Gasteiger charge is -2.13. The first-order chi connectivity index (χ1) is 12.9. The lowest BCUT2D eigenvalue weighted by atomic mass is 10.0. The lowest BCUT2D eigenvalue weighted by molar-refractivity contribution is -0.154. The number of aryl methyl sites for hydroxylation is 2. The third-order valence-corrected chi connectivity index (χ3v) is 4.59. The van der Waals surface area contributed by atoms with Crippen molar-refractivity contribution in [1.29, 1.82) is 0 Å². The largest absolute Gasteiger partial charge is 0.464 e. The second-order valence-corrected chi connectivity index (χ2v) is 6.71. The lowest BCUT2D eigenvalue weighted by Crippen LogP contribution is -2.35. The minimum Gasteiger partial charge on any atom is -0.464 e. The summed E-state index contributed by atoms with van der Waals surface area (Å²) >= 11 is 0. The van der Waals surface area contributed by atoms with Crippen molar-refractivity contribution in [3.05, 3.63) is 71.0 Å². The van der Waals surface area contributed by atoms with Crippen LogP contribution in [0.4, 0.5) is 0 Å². The van der Waals surface area contributed by atoms with Gasteiger partial charge in [0.05, 0.1) is 12.7 Å². The van der Waals surface area contributed by atoms with Gasteiger partial charge in [-0.1, -0.05) is 30.3 Å². The second kappa shape index (κ2) is 8.08. The molecule has 27 heavy (non-hydrogen) atoms. The van der Waals surface area contributed by atoms with Gasteiger partial charge in [0.2, 0.25) is 0 Å². The molecular formula is C22H23NO4. The summed E-state index contributed by atoms with van der Waals surface area (Å²) in [5, 5.41) is 3.67. The number of nitrogens with one attached hydrogen (secondary N) is 1. The van der Waals surface area contributed by atoms with Gasteiger partial charge in [0.1, 0.15) is 5.58 Å². The maximum Gasteiger partial charge on any atom is 0.311 e. The van der Waals surface area contributed by atoms with Crippen LogP contribution in [-0.4, -0.2) is 18.0 Å². The van der Waals surface area contributed by atoms with Gasteiger partial charge in [-0.3, -0.25) is 9.59 Å². The van der Waals surface area contributed by atoms with Gasteiger partial charge < -0.3 is 14.5 Å². The Kier molecular flexibility index (Phi) is 5.60. The van der Waals surface area contributed by atoms with Crippen LogP contribution >= 0.6 is 0 Å². The summed E-state index contributed by atoms with van der Waals surface area (Å²) in [6.45, 7) is 6.00. The molecule has 0 aliphatic carbocycles. The number of carbonyl (C=O) groups excluding carboxylic acids is 2. The first-order valence-electron chi connectivity index (χ1n) is 8.92. The number of amides is 1. The highest BCUT2D eigenvalue weighted by Gasteiger charge is 2.19. The molecule has 1 atom stereocenters. The molecule has 1 aromatic heterocycles. The van der Waals surface area contributed by atoms with E-state index in [2.05, 4.69) is 5.32 Å². The van der Waals surface area contributed by atoms with Crippen LogP contribution in [0.2, 0.25) is 0 Å². The predicted molar refractivity (Wildman–Crippen MR) is 103 cm³/mol. The smallest absolute Gasteiger partial charge is 0.311 e. The monoisotopic (exact) mass is 365 g/mol. The van der Waals surface area contributed by atoms with Crippen LogP contribution in [0.25, 0.3) is 11.0 Å². The third kappa shape index (κ3) is 4.56. The average molecular weight is 365 g/mol. The molecule has 0 aliphatic rings. The van der Waals surface area contributed by atoms with Crippen molar-refractivity contribution in [1.82, 2.24) is 5.32 Å². The van der Waals surface area contributed by atoms with E-state index in [-0.39, 0.29) is 12.3 Å². The Balaban J connectivity index is 1.57. The average Bonchev–Trinajstić information content (AvgIpc) is 3.02. The fourth-order valence-corrected chi connectivity index (χ4v) is 2.85. The van der Waals surface area contributed by atoms with Crippen LogP contribution < -0.4 is 5.32 Å². The van der Waals surface area contributed by atoms with Crippen molar-refractivity contribution < 1.29 is 18.7 Å². The molecule has 0 bridgehead atoms. The van der Waals surface area contributed by atoms with E-state index in [9.17, 15) is 9.59 Å². The Morgan fingerprint density at radius 2 is 1.81 bits per heavy atom. The van der Waals surface area contributed by atoms with E-state index in [1.165, 1.54) is 0 Å². The predicted octanol–water partition coefficient (Wildman–Crippen LogP) is 3.84. The van der Waals surface area contributed by atoms with Crippen LogP contribution in [-0.2, 0) is 27.3 Å². The molecule has 3 rings (SSSR count). The van der Waals surface area contributed by atoms with Gasteiger partial charge in [0.15, 0.2) is 6.10 Å². The van der Waals surface area contributed by atoms with Crippen LogP contribution in [0.3, 0.4) is 0 Å². The summed E-state index contributed by atoms with van der Waals surface area (Å²) in [6.07, 6.45) is 0.778. The van der Waals surface area contributed by atoms with E-state index in [0.29, 0.717) is 6.54 Å². The van der Waals surface area contributed by atoms with Crippen molar-refractivity contribution in [2.45, 2.75) is 39.8 Å². The van der Waals surface area contributed by atoms with Gasteiger partial charge in [0, 0.05) is 17.5 Å². The molecule has 0 saturated heterocycles. The Hall–Kier alpha value is -3.08. The standard InChI is InChI=1S/C22H23NO4/c1-14-9-19-18(13-26-20(19)10-15(14)2)11-21(24)27-16(3)22(25)23-12-17-7-5-4-6-8-17/h4-10,13,16H,11-12H2,1-3H3,(H,23,25)/t16-/m0/s1. The zero-order valence-corrected chi connectivity index (χ0v) is 15.7. The van der Waals surface area contributed by atoms with Crippen molar-refractivity contribution in [3.8, 4) is 0 Å². The number of furan rings is 1. The normalized spacial score (nSPS) is 12.0. The minimum atomic E-state index is -0.858. The van der Waals surface area contributed by atoms with Gasteiger partial charge in [-0.15, -0.1) is 0 Å². The fraction of sp³-hybridized carbons (Fsp3) is 0.273. The summed E-state index contributed by atoms with van der Waals surface area (Å²) < 4.78 is 10.8. The number of hydrogen-bond donors (Lipinski definition) is 1. The Morgan fingerprint density at radius 3 is 2.56 bits per heavy atom. The molecule has 5 nitrogen and oxygen atoms in total. The van der Waals surface area contributed by atoms with E-state index in [1.54, 1.807) is 13.2 Å². The number of hydrogen-bond acceptors (Lipinski definition) is 4. The molecule has 0 aliphatic heterocycles. The number of carbonyl (C=O) groups is 2. The summed E-state index contributed by atoms with van der Waals surface area (Å²) in [6, 6.07) is 13.5. The Morgan fingerprint density at radius 1 is 1.11 bits per heavy atom.